The molecule has 4 rings (SSSR count). The van der Waals surface area contributed by atoms with Crippen LogP contribution in [0.1, 0.15) is 23.8 Å². The molecule has 0 spiro atoms. The minimum Gasteiger partial charge on any atom is -0.379 e. The zero-order valence-corrected chi connectivity index (χ0v) is 14.3. The van der Waals surface area contributed by atoms with Crippen LogP contribution in [-0.2, 0) is 17.3 Å². The Kier molecular flexibility index (Phi) is 3.99. The van der Waals surface area contributed by atoms with E-state index in [1.54, 1.807) is 11.7 Å². The first-order valence-corrected chi connectivity index (χ1v) is 8.88. The Bertz CT molecular complexity index is 842. The van der Waals surface area contributed by atoms with E-state index >= 15 is 0 Å². The summed E-state index contributed by atoms with van der Waals surface area (Å²) in [6, 6.07) is 3.56. The molecule has 2 aliphatic rings. The number of fused-ring (bicyclic) bond motifs is 1. The Morgan fingerprint density at radius 3 is 2.96 bits per heavy atom. The second-order valence-electron chi connectivity index (χ2n) is 6.36. The van der Waals surface area contributed by atoms with Gasteiger partial charge in [-0.1, -0.05) is 23.0 Å². The third-order valence-electron chi connectivity index (χ3n) is 4.77. The van der Waals surface area contributed by atoms with E-state index in [0.717, 1.165) is 11.8 Å². The van der Waals surface area contributed by atoms with Gasteiger partial charge in [0.15, 0.2) is 5.17 Å². The fourth-order valence-corrected chi connectivity index (χ4v) is 4.54. The Labute approximate surface area is 147 Å². The van der Waals surface area contributed by atoms with Gasteiger partial charge in [0.2, 0.25) is 0 Å². The summed E-state index contributed by atoms with van der Waals surface area (Å²) in [6.45, 7) is 0.155. The van der Waals surface area contributed by atoms with E-state index in [4.69, 9.17) is 10.5 Å². The van der Waals surface area contributed by atoms with Crippen molar-refractivity contribution in [2.45, 2.75) is 18.1 Å². The number of aryl methyl sites for hydroxylation is 1. The average molecular weight is 365 g/mol. The van der Waals surface area contributed by atoms with Crippen LogP contribution in [-0.4, -0.2) is 32.5 Å². The lowest BCUT2D eigenvalue weighted by Crippen LogP contribution is -2.48. The molecule has 1 fully saturated rings. The molecule has 2 N–H and O–H groups in total. The second-order valence-corrected chi connectivity index (χ2v) is 7.40. The van der Waals surface area contributed by atoms with Gasteiger partial charge in [0.1, 0.15) is 29.0 Å². The van der Waals surface area contributed by atoms with Gasteiger partial charge in [-0.15, -0.1) is 5.10 Å². The minimum atomic E-state index is -0.939. The van der Waals surface area contributed by atoms with Crippen LogP contribution in [0.25, 0.3) is 0 Å². The van der Waals surface area contributed by atoms with E-state index in [1.165, 1.54) is 23.9 Å². The van der Waals surface area contributed by atoms with Gasteiger partial charge in [0.05, 0.1) is 12.8 Å². The summed E-state index contributed by atoms with van der Waals surface area (Å²) in [5, 5.41) is 8.44. The van der Waals surface area contributed by atoms with Crippen LogP contribution in [0.2, 0.25) is 0 Å². The average Bonchev–Trinajstić information content (AvgIpc) is 3.00. The molecule has 0 amide bonds. The molecule has 1 saturated heterocycles. The molecule has 1 aromatic carbocycles. The third-order valence-corrected chi connectivity index (χ3v) is 5.72. The molecule has 2 aliphatic heterocycles. The van der Waals surface area contributed by atoms with Crippen molar-refractivity contribution in [1.29, 1.82) is 0 Å². The Morgan fingerprint density at radius 1 is 1.40 bits per heavy atom. The first kappa shape index (κ1) is 16.5. The van der Waals surface area contributed by atoms with E-state index in [2.05, 4.69) is 15.3 Å². The second kappa shape index (κ2) is 6.06. The van der Waals surface area contributed by atoms with Gasteiger partial charge < -0.3 is 10.5 Å². The quantitative estimate of drug-likeness (QED) is 0.882. The molecule has 0 unspecified atom stereocenters. The first-order valence-electron chi connectivity index (χ1n) is 7.89. The Morgan fingerprint density at radius 2 is 2.24 bits per heavy atom. The van der Waals surface area contributed by atoms with Gasteiger partial charge in [-0.25, -0.2) is 13.8 Å². The monoisotopic (exact) mass is 365 g/mol. The van der Waals surface area contributed by atoms with Crippen LogP contribution in [0, 0.1) is 17.6 Å². The van der Waals surface area contributed by atoms with Crippen LogP contribution in [0.4, 0.5) is 8.78 Å². The summed E-state index contributed by atoms with van der Waals surface area (Å²) >= 11 is 1.44. The number of amidine groups is 1. The summed E-state index contributed by atoms with van der Waals surface area (Å²) in [5.74, 6) is -0.572. The number of nitrogens with zero attached hydrogens (tertiary/aromatic N) is 4. The highest BCUT2D eigenvalue weighted by atomic mass is 32.2. The molecule has 132 valence electrons. The number of rotatable bonds is 2. The van der Waals surface area contributed by atoms with Gasteiger partial charge in [-0.05, 0) is 12.5 Å². The van der Waals surface area contributed by atoms with Gasteiger partial charge in [-0.3, -0.25) is 4.68 Å². The summed E-state index contributed by atoms with van der Waals surface area (Å²) in [4.78, 5) is 4.56. The molecular weight excluding hydrogens is 348 g/mol. The standard InChI is InChI=1S/C16H17F2N5OS/c1-23-6-13(21-22-23)14-4-9-7-25-15(19)20-16(9,8-24-14)11-3-2-10(17)5-12(11)18/h2-3,5-6,9,14H,4,7-8H2,1H3,(H2,19,20)/t9-,14+,16-/m0/s1. The number of aliphatic imine (C=N–C) groups is 1. The number of hydrogen-bond acceptors (Lipinski definition) is 6. The maximum absolute atomic E-state index is 14.5. The van der Waals surface area contributed by atoms with Crippen molar-refractivity contribution in [3.63, 3.8) is 0 Å². The number of hydrogen-bond donors (Lipinski definition) is 1. The van der Waals surface area contributed by atoms with Crippen LogP contribution < -0.4 is 5.73 Å². The van der Waals surface area contributed by atoms with Gasteiger partial charge >= 0.3 is 0 Å². The lowest BCUT2D eigenvalue weighted by atomic mass is 9.74. The smallest absolute Gasteiger partial charge is 0.154 e. The number of ether oxygens (including phenoxy) is 1. The Hall–Kier alpha value is -2.00. The zero-order valence-electron chi connectivity index (χ0n) is 13.5. The van der Waals surface area contributed by atoms with Crippen LogP contribution in [0.15, 0.2) is 29.4 Å². The highest BCUT2D eigenvalue weighted by Crippen LogP contribution is 2.49. The molecule has 0 radical (unpaired) electrons. The van der Waals surface area contributed by atoms with E-state index in [0.29, 0.717) is 22.9 Å². The maximum atomic E-state index is 14.5. The van der Waals surface area contributed by atoms with Gasteiger partial charge in [0, 0.05) is 30.3 Å². The number of aromatic nitrogens is 3. The number of halogens is 2. The van der Waals surface area contributed by atoms with Crippen LogP contribution in [0.5, 0.6) is 0 Å². The molecule has 9 heteroatoms. The molecular formula is C16H17F2N5OS. The van der Waals surface area contributed by atoms with Crippen LogP contribution in [0.3, 0.4) is 0 Å². The summed E-state index contributed by atoms with van der Waals surface area (Å²) in [7, 11) is 1.79. The number of nitrogens with two attached hydrogens (primary N) is 1. The van der Waals surface area contributed by atoms with E-state index < -0.39 is 17.2 Å². The molecule has 2 aromatic rings. The highest BCUT2D eigenvalue weighted by Gasteiger charge is 2.50. The molecule has 1 aromatic heterocycles. The van der Waals surface area contributed by atoms with Crippen LogP contribution >= 0.6 is 11.8 Å². The maximum Gasteiger partial charge on any atom is 0.154 e. The fourth-order valence-electron chi connectivity index (χ4n) is 3.53. The lowest BCUT2D eigenvalue weighted by molar-refractivity contribution is -0.0606. The van der Waals surface area contributed by atoms with Gasteiger partial charge in [-0.2, -0.15) is 0 Å². The highest BCUT2D eigenvalue weighted by molar-refractivity contribution is 8.13. The molecule has 0 bridgehead atoms. The van der Waals surface area contributed by atoms with Crippen molar-refractivity contribution in [1.82, 2.24) is 15.0 Å². The van der Waals surface area contributed by atoms with Crippen molar-refractivity contribution in [3.05, 3.63) is 47.3 Å². The van der Waals surface area contributed by atoms with Crippen molar-refractivity contribution in [2.24, 2.45) is 23.7 Å². The third kappa shape index (κ3) is 2.81. The predicted molar refractivity (Wildman–Crippen MR) is 89.9 cm³/mol. The SMILES string of the molecule is Cn1cc([C@H]2C[C@H]3CSC(N)=N[C@@]3(c3ccc(F)cc3F)CO2)nn1. The largest absolute Gasteiger partial charge is 0.379 e. The number of benzene rings is 1. The van der Waals surface area contributed by atoms with E-state index in [1.807, 2.05) is 6.20 Å². The summed E-state index contributed by atoms with van der Waals surface area (Å²) in [6.07, 6.45) is 2.19. The topological polar surface area (TPSA) is 78.3 Å². The van der Waals surface area contributed by atoms with E-state index in [9.17, 15) is 8.78 Å². The normalized spacial score (nSPS) is 29.2. The molecule has 3 atom stereocenters. The Balaban J connectivity index is 1.73. The van der Waals surface area contributed by atoms with Crippen molar-refractivity contribution in [3.8, 4) is 0 Å². The van der Waals surface area contributed by atoms with Crippen molar-refractivity contribution < 1.29 is 13.5 Å². The molecule has 0 aliphatic carbocycles. The van der Waals surface area contributed by atoms with Gasteiger partial charge in [0.25, 0.3) is 0 Å². The van der Waals surface area contributed by atoms with Crippen molar-refractivity contribution in [2.75, 3.05) is 12.4 Å². The molecule has 0 saturated carbocycles. The number of thioether (sulfide) groups is 1. The van der Waals surface area contributed by atoms with E-state index in [-0.39, 0.29) is 18.6 Å². The lowest BCUT2D eigenvalue weighted by Gasteiger charge is -2.46. The minimum absolute atomic E-state index is 0.00878. The predicted octanol–water partition coefficient (Wildman–Crippen LogP) is 2.13. The summed E-state index contributed by atoms with van der Waals surface area (Å²) < 4.78 is 35.5. The summed E-state index contributed by atoms with van der Waals surface area (Å²) in [5.41, 5.74) is 6.05. The first-order chi connectivity index (χ1) is 12.0. The molecule has 6 nitrogen and oxygen atoms in total. The zero-order chi connectivity index (χ0) is 17.6. The van der Waals surface area contributed by atoms with Crippen molar-refractivity contribution >= 4 is 16.9 Å². The molecule has 3 heterocycles. The fraction of sp³-hybridized carbons (Fsp3) is 0.438. The molecule has 25 heavy (non-hydrogen) atoms.